The minimum atomic E-state index is -0.734. The van der Waals surface area contributed by atoms with Crippen LogP contribution in [0, 0.1) is 0 Å². The molecular weight excluding hydrogens is 204 g/mol. The largest absolute Gasteiger partial charge is 0.453 e. The summed E-state index contributed by atoms with van der Waals surface area (Å²) in [4.78, 5) is 21.6. The summed E-state index contributed by atoms with van der Waals surface area (Å²) in [6.07, 6.45) is -0.734. The van der Waals surface area contributed by atoms with Gasteiger partial charge in [-0.05, 0) is 13.8 Å². The van der Waals surface area contributed by atoms with E-state index >= 15 is 0 Å². The number of nitrogens with two attached hydrogens (primary N) is 1. The molecule has 0 aromatic rings. The zero-order valence-corrected chi connectivity index (χ0v) is 9.44. The average molecular weight is 220 g/mol. The summed E-state index contributed by atoms with van der Waals surface area (Å²) < 4.78 is 4.26. The molecule has 14 heavy (non-hydrogen) atoms. The summed E-state index contributed by atoms with van der Waals surface area (Å²) in [5, 5.41) is 2.05. The number of hydrogen-bond donors (Lipinski definition) is 2. The number of nitrogens with one attached hydrogen (secondary N) is 1. The van der Waals surface area contributed by atoms with Crippen molar-refractivity contribution in [1.29, 1.82) is 0 Å². The van der Waals surface area contributed by atoms with Gasteiger partial charge in [0.15, 0.2) is 0 Å². The fourth-order valence-electron chi connectivity index (χ4n) is 0.608. The van der Waals surface area contributed by atoms with Crippen LogP contribution in [0.4, 0.5) is 4.79 Å². The molecule has 0 atom stereocenters. The van der Waals surface area contributed by atoms with E-state index in [-0.39, 0.29) is 17.2 Å². The lowest BCUT2D eigenvalue weighted by atomic mass is 10.1. The van der Waals surface area contributed by atoms with Gasteiger partial charge in [0, 0.05) is 11.3 Å². The summed E-state index contributed by atoms with van der Waals surface area (Å²) in [5.74, 6) is 0.489. The highest BCUT2D eigenvalue weighted by Gasteiger charge is 2.12. The van der Waals surface area contributed by atoms with Crippen molar-refractivity contribution in [2.75, 3.05) is 18.6 Å². The van der Waals surface area contributed by atoms with E-state index in [0.29, 0.717) is 5.75 Å². The SMILES string of the molecule is COC(=O)NC(=O)CSCC(C)(C)N. The second-order valence-corrected chi connectivity index (χ2v) is 4.51. The molecule has 0 saturated carbocycles. The highest BCUT2D eigenvalue weighted by Crippen LogP contribution is 2.08. The average Bonchev–Trinajstić information content (AvgIpc) is 2.01. The van der Waals surface area contributed by atoms with E-state index in [1.165, 1.54) is 18.9 Å². The van der Waals surface area contributed by atoms with Gasteiger partial charge >= 0.3 is 6.09 Å². The van der Waals surface area contributed by atoms with Crippen LogP contribution in [0.5, 0.6) is 0 Å². The summed E-state index contributed by atoms with van der Waals surface area (Å²) in [7, 11) is 1.21. The number of rotatable bonds is 4. The number of ether oxygens (including phenoxy) is 1. The third kappa shape index (κ3) is 7.88. The van der Waals surface area contributed by atoms with Gasteiger partial charge in [0.05, 0.1) is 12.9 Å². The van der Waals surface area contributed by atoms with Gasteiger partial charge in [-0.2, -0.15) is 11.8 Å². The van der Waals surface area contributed by atoms with E-state index in [9.17, 15) is 9.59 Å². The van der Waals surface area contributed by atoms with Gasteiger partial charge in [0.2, 0.25) is 5.91 Å². The molecule has 82 valence electrons. The Hall–Kier alpha value is -0.750. The first-order valence-electron chi connectivity index (χ1n) is 4.09. The summed E-state index contributed by atoms with van der Waals surface area (Å²) >= 11 is 1.38. The first-order chi connectivity index (χ1) is 6.35. The number of thioether (sulfide) groups is 1. The van der Waals surface area contributed by atoms with E-state index in [4.69, 9.17) is 5.73 Å². The van der Waals surface area contributed by atoms with Crippen LogP contribution in [0.2, 0.25) is 0 Å². The molecule has 0 aromatic carbocycles. The zero-order valence-electron chi connectivity index (χ0n) is 8.62. The van der Waals surface area contributed by atoms with E-state index in [1.54, 1.807) is 0 Å². The summed E-state index contributed by atoms with van der Waals surface area (Å²) in [6, 6.07) is 0. The Kier molecular flexibility index (Phi) is 5.56. The fraction of sp³-hybridized carbons (Fsp3) is 0.750. The Labute approximate surface area is 87.7 Å². The lowest BCUT2D eigenvalue weighted by Gasteiger charge is -2.16. The van der Waals surface area contributed by atoms with Crippen molar-refractivity contribution in [1.82, 2.24) is 5.32 Å². The van der Waals surface area contributed by atoms with Gasteiger partial charge in [-0.25, -0.2) is 4.79 Å². The Morgan fingerprint density at radius 2 is 2.07 bits per heavy atom. The maximum absolute atomic E-state index is 11.0. The van der Waals surface area contributed by atoms with Gasteiger partial charge in [-0.1, -0.05) is 0 Å². The van der Waals surface area contributed by atoms with E-state index in [1.807, 2.05) is 13.8 Å². The second-order valence-electron chi connectivity index (χ2n) is 3.52. The van der Waals surface area contributed by atoms with Gasteiger partial charge in [-0.3, -0.25) is 10.1 Å². The molecule has 0 unspecified atom stereocenters. The highest BCUT2D eigenvalue weighted by molar-refractivity contribution is 8.00. The van der Waals surface area contributed by atoms with E-state index in [0.717, 1.165) is 0 Å². The molecule has 0 spiro atoms. The molecule has 0 heterocycles. The van der Waals surface area contributed by atoms with Crippen LogP contribution < -0.4 is 11.1 Å². The third-order valence-electron chi connectivity index (χ3n) is 1.13. The van der Waals surface area contributed by atoms with Crippen molar-refractivity contribution < 1.29 is 14.3 Å². The van der Waals surface area contributed by atoms with Crippen molar-refractivity contribution in [2.45, 2.75) is 19.4 Å². The zero-order chi connectivity index (χ0) is 11.2. The Balaban J connectivity index is 3.60. The predicted molar refractivity (Wildman–Crippen MR) is 56.1 cm³/mol. The number of carbonyl (C=O) groups is 2. The molecule has 0 rings (SSSR count). The smallest absolute Gasteiger partial charge is 0.413 e. The molecule has 0 aliphatic heterocycles. The lowest BCUT2D eigenvalue weighted by Crippen LogP contribution is -2.36. The van der Waals surface area contributed by atoms with Crippen molar-refractivity contribution in [3.8, 4) is 0 Å². The quantitative estimate of drug-likeness (QED) is 0.714. The molecule has 0 bridgehead atoms. The molecule has 0 fully saturated rings. The monoisotopic (exact) mass is 220 g/mol. The minimum absolute atomic E-state index is 0.204. The molecule has 0 aromatic heterocycles. The van der Waals surface area contributed by atoms with Crippen LogP contribution in [-0.4, -0.2) is 36.2 Å². The standard InChI is InChI=1S/C8H16N2O3S/c1-8(2,9)5-14-4-6(11)10-7(12)13-3/h4-5,9H2,1-3H3,(H,10,11,12). The maximum atomic E-state index is 11.0. The van der Waals surface area contributed by atoms with Crippen LogP contribution in [0.3, 0.4) is 0 Å². The number of imide groups is 1. The predicted octanol–water partition coefficient (Wildman–Crippen LogP) is 0.340. The Bertz CT molecular complexity index is 213. The second kappa shape index (κ2) is 5.87. The number of methoxy groups -OCH3 is 1. The molecule has 5 nitrogen and oxygen atoms in total. The van der Waals surface area contributed by atoms with Crippen molar-refractivity contribution in [3.05, 3.63) is 0 Å². The highest BCUT2D eigenvalue weighted by atomic mass is 32.2. The Morgan fingerprint density at radius 1 is 1.50 bits per heavy atom. The molecule has 0 aliphatic rings. The van der Waals surface area contributed by atoms with Gasteiger partial charge in [0.1, 0.15) is 0 Å². The normalized spacial score (nSPS) is 10.9. The topological polar surface area (TPSA) is 81.4 Å². The van der Waals surface area contributed by atoms with E-state index in [2.05, 4.69) is 10.1 Å². The first kappa shape index (κ1) is 13.2. The number of alkyl carbamates (subject to hydrolysis) is 1. The van der Waals surface area contributed by atoms with Crippen LogP contribution in [0.15, 0.2) is 0 Å². The summed E-state index contributed by atoms with van der Waals surface area (Å²) in [6.45, 7) is 3.75. The molecule has 0 saturated heterocycles. The van der Waals surface area contributed by atoms with Gasteiger partial charge in [0.25, 0.3) is 0 Å². The van der Waals surface area contributed by atoms with Crippen molar-refractivity contribution in [2.24, 2.45) is 5.73 Å². The molecule has 6 heteroatoms. The van der Waals surface area contributed by atoms with E-state index < -0.39 is 6.09 Å². The molecule has 3 N–H and O–H groups in total. The number of amides is 2. The van der Waals surface area contributed by atoms with Crippen LogP contribution in [0.1, 0.15) is 13.8 Å². The van der Waals surface area contributed by atoms with Crippen LogP contribution in [0.25, 0.3) is 0 Å². The van der Waals surface area contributed by atoms with Crippen molar-refractivity contribution in [3.63, 3.8) is 0 Å². The Morgan fingerprint density at radius 3 is 2.50 bits per heavy atom. The minimum Gasteiger partial charge on any atom is -0.453 e. The first-order valence-corrected chi connectivity index (χ1v) is 5.25. The maximum Gasteiger partial charge on any atom is 0.413 e. The molecular formula is C8H16N2O3S. The number of hydrogen-bond acceptors (Lipinski definition) is 5. The van der Waals surface area contributed by atoms with Gasteiger partial charge < -0.3 is 10.5 Å². The third-order valence-corrected chi connectivity index (χ3v) is 2.55. The van der Waals surface area contributed by atoms with Crippen molar-refractivity contribution >= 4 is 23.8 Å². The van der Waals surface area contributed by atoms with Crippen LogP contribution >= 0.6 is 11.8 Å². The molecule has 0 radical (unpaired) electrons. The summed E-state index contributed by atoms with van der Waals surface area (Å²) in [5.41, 5.74) is 5.40. The molecule has 2 amide bonds. The molecule has 0 aliphatic carbocycles. The number of carbonyl (C=O) groups excluding carboxylic acids is 2. The fourth-order valence-corrected chi connectivity index (χ4v) is 1.49. The van der Waals surface area contributed by atoms with Crippen LogP contribution in [-0.2, 0) is 9.53 Å². The van der Waals surface area contributed by atoms with Gasteiger partial charge in [-0.15, -0.1) is 0 Å². The lowest BCUT2D eigenvalue weighted by molar-refractivity contribution is -0.117.